The normalized spacial score (nSPS) is 11.1. The molecule has 0 aliphatic carbocycles. The zero-order valence-electron chi connectivity index (χ0n) is 11.9. The van der Waals surface area contributed by atoms with Crippen LogP contribution in [0.3, 0.4) is 0 Å². The minimum absolute atomic E-state index is 0.0280. The largest absolute Gasteiger partial charge is 0.417 e. The van der Waals surface area contributed by atoms with Crippen LogP contribution in [-0.4, -0.2) is 12.5 Å². The molecular formula is C17H12F3NOS. The van der Waals surface area contributed by atoms with Gasteiger partial charge < -0.3 is 5.32 Å². The van der Waals surface area contributed by atoms with Crippen LogP contribution in [0.15, 0.2) is 47.9 Å². The van der Waals surface area contributed by atoms with E-state index < -0.39 is 11.7 Å². The van der Waals surface area contributed by atoms with E-state index in [1.165, 1.54) is 35.6 Å². The molecule has 0 saturated heterocycles. The second kappa shape index (κ2) is 7.65. The summed E-state index contributed by atoms with van der Waals surface area (Å²) < 4.78 is 38.3. The number of thiophene rings is 1. The van der Waals surface area contributed by atoms with Gasteiger partial charge in [0.25, 0.3) is 0 Å². The number of amides is 1. The molecule has 2 aromatic rings. The third-order valence-corrected chi connectivity index (χ3v) is 3.59. The van der Waals surface area contributed by atoms with Gasteiger partial charge >= 0.3 is 6.18 Å². The molecule has 1 aromatic heterocycles. The average Bonchev–Trinajstić information content (AvgIpc) is 3.02. The molecular weight excluding hydrogens is 323 g/mol. The molecule has 1 N–H and O–H groups in total. The van der Waals surface area contributed by atoms with Crippen molar-refractivity contribution in [3.63, 3.8) is 0 Å². The first-order valence-corrected chi connectivity index (χ1v) is 7.49. The Morgan fingerprint density at radius 2 is 2.00 bits per heavy atom. The van der Waals surface area contributed by atoms with Crippen molar-refractivity contribution in [3.8, 4) is 11.8 Å². The Morgan fingerprint density at radius 1 is 1.22 bits per heavy atom. The highest BCUT2D eigenvalue weighted by molar-refractivity contribution is 7.10. The van der Waals surface area contributed by atoms with Crippen LogP contribution in [0.5, 0.6) is 0 Å². The molecule has 6 heteroatoms. The van der Waals surface area contributed by atoms with Crippen molar-refractivity contribution in [2.45, 2.75) is 6.18 Å². The SMILES string of the molecule is O=C(/C=C/c1cccs1)NCC#Cc1ccccc1C(F)(F)F. The first-order valence-electron chi connectivity index (χ1n) is 6.61. The molecule has 1 amide bonds. The summed E-state index contributed by atoms with van der Waals surface area (Å²) in [4.78, 5) is 12.5. The first kappa shape index (κ1) is 16.8. The number of alkyl halides is 3. The molecule has 0 aliphatic heterocycles. The van der Waals surface area contributed by atoms with Gasteiger partial charge in [0.1, 0.15) is 0 Å². The lowest BCUT2D eigenvalue weighted by atomic mass is 10.1. The van der Waals surface area contributed by atoms with Crippen LogP contribution in [0.1, 0.15) is 16.0 Å². The Labute approximate surface area is 135 Å². The van der Waals surface area contributed by atoms with Crippen LogP contribution in [0, 0.1) is 11.8 Å². The standard InChI is InChI=1S/C17H12F3NOS/c18-17(19,20)15-8-2-1-5-13(15)6-3-11-21-16(22)10-9-14-7-4-12-23-14/h1-2,4-5,7-10,12H,11H2,(H,21,22)/b10-9+. The highest BCUT2D eigenvalue weighted by Crippen LogP contribution is 2.31. The summed E-state index contributed by atoms with van der Waals surface area (Å²) in [5, 5.41) is 4.39. The molecule has 0 radical (unpaired) electrons. The molecule has 0 atom stereocenters. The molecule has 0 saturated carbocycles. The summed E-state index contributed by atoms with van der Waals surface area (Å²) in [5.74, 6) is 4.61. The topological polar surface area (TPSA) is 29.1 Å². The summed E-state index contributed by atoms with van der Waals surface area (Å²) in [6.07, 6.45) is -1.43. The second-order valence-electron chi connectivity index (χ2n) is 4.41. The monoisotopic (exact) mass is 335 g/mol. The Morgan fingerprint density at radius 3 is 2.70 bits per heavy atom. The minimum Gasteiger partial charge on any atom is -0.342 e. The summed E-state index contributed by atoms with van der Waals surface area (Å²) >= 11 is 1.49. The Hall–Kier alpha value is -2.52. The Bertz CT molecular complexity index is 752. The van der Waals surface area contributed by atoms with Crippen LogP contribution >= 0.6 is 11.3 Å². The average molecular weight is 335 g/mol. The van der Waals surface area contributed by atoms with E-state index in [1.54, 1.807) is 6.08 Å². The number of carbonyl (C=O) groups excluding carboxylic acids is 1. The van der Waals surface area contributed by atoms with Crippen LogP contribution < -0.4 is 5.32 Å². The molecule has 2 nitrogen and oxygen atoms in total. The van der Waals surface area contributed by atoms with Gasteiger partial charge in [-0.2, -0.15) is 13.2 Å². The quantitative estimate of drug-likeness (QED) is 0.668. The van der Waals surface area contributed by atoms with Gasteiger partial charge in [-0.3, -0.25) is 4.79 Å². The molecule has 1 heterocycles. The minimum atomic E-state index is -4.45. The smallest absolute Gasteiger partial charge is 0.342 e. The molecule has 0 unspecified atom stereocenters. The molecule has 0 spiro atoms. The van der Waals surface area contributed by atoms with Crippen molar-refractivity contribution < 1.29 is 18.0 Å². The summed E-state index contributed by atoms with van der Waals surface area (Å²) in [5.41, 5.74) is -0.889. The van der Waals surface area contributed by atoms with E-state index >= 15 is 0 Å². The Kier molecular flexibility index (Phi) is 5.61. The van der Waals surface area contributed by atoms with Crippen LogP contribution in [0.4, 0.5) is 13.2 Å². The second-order valence-corrected chi connectivity index (χ2v) is 5.39. The fraction of sp³-hybridized carbons (Fsp3) is 0.118. The summed E-state index contributed by atoms with van der Waals surface area (Å²) in [6.45, 7) is -0.0280. The van der Waals surface area contributed by atoms with Crippen molar-refractivity contribution >= 4 is 23.3 Å². The van der Waals surface area contributed by atoms with Gasteiger partial charge in [-0.15, -0.1) is 11.3 Å². The van der Waals surface area contributed by atoms with E-state index in [4.69, 9.17) is 0 Å². The van der Waals surface area contributed by atoms with Gasteiger partial charge in [-0.05, 0) is 29.7 Å². The number of carbonyl (C=O) groups is 1. The van der Waals surface area contributed by atoms with Crippen molar-refractivity contribution in [1.82, 2.24) is 5.32 Å². The third kappa shape index (κ3) is 5.31. The van der Waals surface area contributed by atoms with E-state index in [0.717, 1.165) is 10.9 Å². The lowest BCUT2D eigenvalue weighted by molar-refractivity contribution is -0.137. The van der Waals surface area contributed by atoms with E-state index in [9.17, 15) is 18.0 Å². The van der Waals surface area contributed by atoms with Crippen LogP contribution in [0.2, 0.25) is 0 Å². The maximum absolute atomic E-state index is 12.8. The maximum Gasteiger partial charge on any atom is 0.417 e. The van der Waals surface area contributed by atoms with Crippen molar-refractivity contribution in [2.24, 2.45) is 0 Å². The Balaban J connectivity index is 1.93. The maximum atomic E-state index is 12.8. The van der Waals surface area contributed by atoms with Gasteiger partial charge in [0.2, 0.25) is 5.91 Å². The van der Waals surface area contributed by atoms with Gasteiger partial charge in [-0.25, -0.2) is 0 Å². The van der Waals surface area contributed by atoms with Crippen molar-refractivity contribution in [3.05, 3.63) is 63.9 Å². The summed E-state index contributed by atoms with van der Waals surface area (Å²) in [7, 11) is 0. The van der Waals surface area contributed by atoms with Crippen molar-refractivity contribution in [2.75, 3.05) is 6.54 Å². The zero-order chi connectivity index (χ0) is 16.7. The van der Waals surface area contributed by atoms with Gasteiger partial charge in [-0.1, -0.05) is 30.0 Å². The van der Waals surface area contributed by atoms with E-state index in [0.29, 0.717) is 0 Å². The van der Waals surface area contributed by atoms with E-state index in [1.807, 2.05) is 17.5 Å². The van der Waals surface area contributed by atoms with Gasteiger partial charge in [0.15, 0.2) is 0 Å². The molecule has 0 bridgehead atoms. The lowest BCUT2D eigenvalue weighted by Crippen LogP contribution is -2.20. The van der Waals surface area contributed by atoms with Gasteiger partial charge in [0.05, 0.1) is 12.1 Å². The van der Waals surface area contributed by atoms with E-state index in [-0.39, 0.29) is 18.0 Å². The molecule has 1 aromatic carbocycles. The molecule has 2 rings (SSSR count). The number of hydrogen-bond acceptors (Lipinski definition) is 2. The first-order chi connectivity index (χ1) is 11.0. The number of benzene rings is 1. The van der Waals surface area contributed by atoms with Crippen LogP contribution in [-0.2, 0) is 11.0 Å². The third-order valence-electron chi connectivity index (χ3n) is 2.75. The van der Waals surface area contributed by atoms with Crippen molar-refractivity contribution in [1.29, 1.82) is 0 Å². The fourth-order valence-electron chi connectivity index (χ4n) is 1.71. The number of nitrogens with one attached hydrogen (secondary N) is 1. The number of hydrogen-bond donors (Lipinski definition) is 1. The number of rotatable bonds is 3. The highest BCUT2D eigenvalue weighted by atomic mass is 32.1. The highest BCUT2D eigenvalue weighted by Gasteiger charge is 2.32. The van der Waals surface area contributed by atoms with Crippen LogP contribution in [0.25, 0.3) is 6.08 Å². The fourth-order valence-corrected chi connectivity index (χ4v) is 2.33. The summed E-state index contributed by atoms with van der Waals surface area (Å²) in [6, 6.07) is 8.81. The molecule has 0 aliphatic rings. The van der Waals surface area contributed by atoms with E-state index in [2.05, 4.69) is 17.2 Å². The lowest BCUT2D eigenvalue weighted by Gasteiger charge is -2.08. The predicted molar refractivity (Wildman–Crippen MR) is 84.7 cm³/mol. The van der Waals surface area contributed by atoms with Gasteiger partial charge in [0, 0.05) is 16.5 Å². The predicted octanol–water partition coefficient (Wildman–Crippen LogP) is 3.95. The molecule has 23 heavy (non-hydrogen) atoms. The zero-order valence-corrected chi connectivity index (χ0v) is 12.7. The molecule has 118 valence electrons. The molecule has 0 fully saturated rings. The number of halogens is 3.